The molecule has 0 aromatic carbocycles. The minimum atomic E-state index is -4.86. The molecule has 45 heavy (non-hydrogen) atoms. The van der Waals surface area contributed by atoms with Crippen LogP contribution in [0.5, 0.6) is 0 Å². The molecule has 1 saturated heterocycles. The van der Waals surface area contributed by atoms with Crippen LogP contribution >= 0.6 is 0 Å². The summed E-state index contributed by atoms with van der Waals surface area (Å²) in [6.07, 6.45) is 0.365. The molecule has 13 heteroatoms. The van der Waals surface area contributed by atoms with Gasteiger partial charge in [-0.25, -0.2) is 8.42 Å². The van der Waals surface area contributed by atoms with Gasteiger partial charge in [0.05, 0.1) is 24.9 Å². The molecule has 5 aliphatic rings. The summed E-state index contributed by atoms with van der Waals surface area (Å²) < 4.78 is 51.5. The molecule has 5 rings (SSSR count). The van der Waals surface area contributed by atoms with Gasteiger partial charge in [-0.15, -0.1) is 0 Å². The van der Waals surface area contributed by atoms with Crippen LogP contribution in [-0.2, 0) is 24.1 Å². The van der Waals surface area contributed by atoms with Crippen molar-refractivity contribution in [3.05, 3.63) is 0 Å². The van der Waals surface area contributed by atoms with Crippen molar-refractivity contribution in [1.29, 1.82) is 0 Å². The molecule has 0 amide bonds. The Labute approximate surface area is 291 Å². The van der Waals surface area contributed by atoms with Gasteiger partial charge in [-0.05, 0) is 98.2 Å². The number of hydrogen-bond acceptors (Lipinski definition) is 11. The normalized spacial score (nSPS) is 47.4. The van der Waals surface area contributed by atoms with Crippen LogP contribution in [0.4, 0.5) is 0 Å². The first-order valence-corrected chi connectivity index (χ1v) is 18.2. The Balaban J connectivity index is 0.00000461. The number of fused-ring (bicyclic) bond motifs is 5. The molecular weight excluding hydrogens is 615 g/mol. The molecule has 15 atom stereocenters. The van der Waals surface area contributed by atoms with Gasteiger partial charge >= 0.3 is 29.6 Å². The zero-order valence-corrected chi connectivity index (χ0v) is 30.5. The summed E-state index contributed by atoms with van der Waals surface area (Å²) in [6.45, 7) is 8.73. The van der Waals surface area contributed by atoms with Crippen molar-refractivity contribution in [3.8, 4) is 0 Å². The SMILES string of the molecule is CC(C)CCCC(CO)[C@H]1CCC2C3C[C@@H](O)C4C[C@H](OS(=O)(=O)[O-])CC[C@]4(C)C3C[C@@H](OC3OCC(O)C(O)C3O)[C@@]21C.[Na+]. The van der Waals surface area contributed by atoms with E-state index in [0.29, 0.717) is 31.6 Å². The van der Waals surface area contributed by atoms with Crippen LogP contribution in [0.3, 0.4) is 0 Å². The Hall–Kier alpha value is 0.590. The van der Waals surface area contributed by atoms with Crippen LogP contribution in [0.25, 0.3) is 0 Å². The molecule has 5 fully saturated rings. The Morgan fingerprint density at radius 2 is 1.64 bits per heavy atom. The van der Waals surface area contributed by atoms with Gasteiger partial charge in [-0.1, -0.05) is 40.5 Å². The Kier molecular flexibility index (Phi) is 12.7. The van der Waals surface area contributed by atoms with Crippen LogP contribution < -0.4 is 29.6 Å². The first kappa shape index (κ1) is 38.4. The Bertz CT molecular complexity index is 1090. The molecule has 9 unspecified atom stereocenters. The summed E-state index contributed by atoms with van der Waals surface area (Å²) in [5.41, 5.74) is -0.748. The minimum absolute atomic E-state index is 0. The van der Waals surface area contributed by atoms with Crippen molar-refractivity contribution in [2.45, 2.75) is 135 Å². The van der Waals surface area contributed by atoms with E-state index in [1.165, 1.54) is 0 Å². The quantitative estimate of drug-likeness (QED) is 0.0860. The van der Waals surface area contributed by atoms with E-state index in [0.717, 1.165) is 32.1 Å². The van der Waals surface area contributed by atoms with Gasteiger partial charge in [0.2, 0.25) is 10.4 Å². The van der Waals surface area contributed by atoms with E-state index in [1.54, 1.807) is 0 Å². The zero-order chi connectivity index (χ0) is 32.2. The van der Waals surface area contributed by atoms with E-state index in [4.69, 9.17) is 13.7 Å². The summed E-state index contributed by atoms with van der Waals surface area (Å²) in [6, 6.07) is 0. The van der Waals surface area contributed by atoms with E-state index in [1.807, 2.05) is 0 Å². The summed E-state index contributed by atoms with van der Waals surface area (Å²) in [5.74, 6) is 1.03. The summed E-state index contributed by atoms with van der Waals surface area (Å²) in [4.78, 5) is 0. The number of rotatable bonds is 10. The number of aliphatic hydroxyl groups excluding tert-OH is 5. The van der Waals surface area contributed by atoms with Crippen LogP contribution in [0, 0.1) is 52.3 Å². The third-order valence-corrected chi connectivity index (χ3v) is 13.5. The molecule has 1 heterocycles. The van der Waals surface area contributed by atoms with Gasteiger partial charge in [-0.3, -0.25) is 4.18 Å². The Morgan fingerprint density at radius 1 is 0.933 bits per heavy atom. The molecule has 0 bridgehead atoms. The van der Waals surface area contributed by atoms with Gasteiger partial charge in [-0.2, -0.15) is 0 Å². The summed E-state index contributed by atoms with van der Waals surface area (Å²) in [7, 11) is -4.86. The standard InChI is InChI=1S/C32H56O11S.Na/c1-17(2)6-5-7-18(15-33)21-8-9-22-20-13-25(34)24-12-19(43-44(38,39)40)10-11-31(24,3)23(20)14-27(32(21,22)4)42-30-29(37)28(36)26(35)16-41-30;/h17-30,33-37H,5-16H2,1-4H3,(H,38,39,40);/q;+1/p-1/t18?,19-,20?,21-,22?,23?,24?,25-,26?,27-,28?,29?,30?,31-,32-;/m1./s1. The van der Waals surface area contributed by atoms with Crippen molar-refractivity contribution in [2.75, 3.05) is 13.2 Å². The first-order chi connectivity index (χ1) is 20.6. The first-order valence-electron chi connectivity index (χ1n) is 16.8. The second-order valence-corrected chi connectivity index (χ2v) is 16.6. The minimum Gasteiger partial charge on any atom is -0.726 e. The average Bonchev–Trinajstić information content (AvgIpc) is 3.30. The van der Waals surface area contributed by atoms with Gasteiger partial charge in [0.15, 0.2) is 6.29 Å². The molecular formula is C32H55NaO11S. The monoisotopic (exact) mass is 670 g/mol. The maximum Gasteiger partial charge on any atom is 1.00 e. The van der Waals surface area contributed by atoms with E-state index < -0.39 is 52.6 Å². The van der Waals surface area contributed by atoms with Crippen LogP contribution in [-0.4, -0.2) is 94.6 Å². The molecule has 1 aliphatic heterocycles. The third-order valence-electron chi connectivity index (χ3n) is 12.9. The van der Waals surface area contributed by atoms with E-state index in [9.17, 15) is 38.5 Å². The predicted molar refractivity (Wildman–Crippen MR) is 158 cm³/mol. The molecule has 5 N–H and O–H groups in total. The van der Waals surface area contributed by atoms with Gasteiger partial charge in [0.1, 0.15) is 18.3 Å². The van der Waals surface area contributed by atoms with Gasteiger partial charge in [0.25, 0.3) is 0 Å². The third kappa shape index (κ3) is 7.54. The Morgan fingerprint density at radius 3 is 2.29 bits per heavy atom. The predicted octanol–water partition coefficient (Wildman–Crippen LogP) is -0.666. The van der Waals surface area contributed by atoms with Crippen molar-refractivity contribution in [2.24, 2.45) is 52.3 Å². The largest absolute Gasteiger partial charge is 1.00 e. The van der Waals surface area contributed by atoms with E-state index >= 15 is 0 Å². The van der Waals surface area contributed by atoms with E-state index in [-0.39, 0.29) is 96.2 Å². The average molecular weight is 671 g/mol. The van der Waals surface area contributed by atoms with Crippen molar-refractivity contribution < 1.29 is 81.7 Å². The van der Waals surface area contributed by atoms with Crippen LogP contribution in [0.15, 0.2) is 0 Å². The van der Waals surface area contributed by atoms with Crippen molar-refractivity contribution in [1.82, 2.24) is 0 Å². The van der Waals surface area contributed by atoms with Gasteiger partial charge in [0, 0.05) is 12.0 Å². The van der Waals surface area contributed by atoms with Crippen molar-refractivity contribution in [3.63, 3.8) is 0 Å². The number of aliphatic hydroxyl groups is 5. The van der Waals surface area contributed by atoms with E-state index in [2.05, 4.69) is 27.7 Å². The second-order valence-electron chi connectivity index (χ2n) is 15.6. The summed E-state index contributed by atoms with van der Waals surface area (Å²) >= 11 is 0. The number of ether oxygens (including phenoxy) is 2. The topological polar surface area (TPSA) is 186 Å². The number of hydrogen-bond donors (Lipinski definition) is 5. The molecule has 0 radical (unpaired) electrons. The summed E-state index contributed by atoms with van der Waals surface area (Å²) in [5, 5.41) is 53.6. The molecule has 256 valence electrons. The van der Waals surface area contributed by atoms with Crippen LogP contribution in [0.1, 0.15) is 91.9 Å². The molecule has 4 saturated carbocycles. The molecule has 0 aromatic rings. The molecule has 0 spiro atoms. The fourth-order valence-electron chi connectivity index (χ4n) is 10.7. The second kappa shape index (κ2) is 14.8. The molecule has 0 aromatic heterocycles. The van der Waals surface area contributed by atoms with Crippen molar-refractivity contribution >= 4 is 10.4 Å². The van der Waals surface area contributed by atoms with Crippen LogP contribution in [0.2, 0.25) is 0 Å². The fraction of sp³-hybridized carbons (Fsp3) is 1.00. The zero-order valence-electron chi connectivity index (χ0n) is 27.7. The maximum atomic E-state index is 11.6. The maximum absolute atomic E-state index is 11.6. The molecule has 4 aliphatic carbocycles. The fourth-order valence-corrected chi connectivity index (χ4v) is 11.2. The molecule has 11 nitrogen and oxygen atoms in total. The van der Waals surface area contributed by atoms with Gasteiger partial charge < -0.3 is 39.6 Å². The smallest absolute Gasteiger partial charge is 0.726 e.